The molecule has 1 nitrogen and oxygen atoms in total. The molecule has 1 saturated heterocycles. The molecule has 0 spiro atoms. The van der Waals surface area contributed by atoms with Crippen LogP contribution in [-0.2, 0) is 6.54 Å². The molecule has 1 aliphatic heterocycles. The highest BCUT2D eigenvalue weighted by molar-refractivity contribution is 5.13. The van der Waals surface area contributed by atoms with Gasteiger partial charge in [-0.2, -0.15) is 0 Å². The standard InChI is InChI=1S/C13H20N.HI/c1-13(2)10-14(3,11-13)9-12-7-5-4-6-8-12;/h4-8H,9-11H2,1-3H3;1H/q+1;/p-1. The Bertz CT molecular complexity index is 311. The lowest BCUT2D eigenvalue weighted by Crippen LogP contribution is -3.00. The Kier molecular flexibility index (Phi) is 3.82. The summed E-state index contributed by atoms with van der Waals surface area (Å²) in [5, 5.41) is 0. The van der Waals surface area contributed by atoms with Crippen LogP contribution in [0, 0.1) is 5.41 Å². The van der Waals surface area contributed by atoms with Gasteiger partial charge >= 0.3 is 0 Å². The normalized spacial score (nSPS) is 21.3. The maximum absolute atomic E-state index is 2.36. The van der Waals surface area contributed by atoms with Crippen LogP contribution in [0.4, 0.5) is 0 Å². The molecule has 1 aromatic carbocycles. The molecule has 1 fully saturated rings. The first-order valence-electron chi connectivity index (χ1n) is 5.37. The minimum atomic E-state index is 0. The Hall–Kier alpha value is -0.0900. The van der Waals surface area contributed by atoms with Crippen molar-refractivity contribution in [2.24, 2.45) is 5.41 Å². The van der Waals surface area contributed by atoms with Crippen LogP contribution in [0.2, 0.25) is 0 Å². The average molecular weight is 317 g/mol. The molecular formula is C13H20IN. The van der Waals surface area contributed by atoms with E-state index in [2.05, 4.69) is 51.2 Å². The Labute approximate surface area is 110 Å². The van der Waals surface area contributed by atoms with Crippen molar-refractivity contribution in [3.05, 3.63) is 35.9 Å². The summed E-state index contributed by atoms with van der Waals surface area (Å²) in [4.78, 5) is 0. The largest absolute Gasteiger partial charge is 1.00 e. The Morgan fingerprint density at radius 1 is 1.13 bits per heavy atom. The summed E-state index contributed by atoms with van der Waals surface area (Å²) in [6.07, 6.45) is 0. The summed E-state index contributed by atoms with van der Waals surface area (Å²) >= 11 is 0. The van der Waals surface area contributed by atoms with Crippen LogP contribution in [0.5, 0.6) is 0 Å². The molecule has 1 heterocycles. The molecular weight excluding hydrogens is 297 g/mol. The smallest absolute Gasteiger partial charge is 0.104 e. The molecule has 84 valence electrons. The van der Waals surface area contributed by atoms with E-state index >= 15 is 0 Å². The third-order valence-corrected chi connectivity index (χ3v) is 3.03. The van der Waals surface area contributed by atoms with Crippen LogP contribution >= 0.6 is 0 Å². The molecule has 2 rings (SSSR count). The third-order valence-electron chi connectivity index (χ3n) is 3.03. The molecule has 0 aliphatic carbocycles. The zero-order valence-corrected chi connectivity index (χ0v) is 12.0. The Balaban J connectivity index is 0.00000112. The fourth-order valence-electron chi connectivity index (χ4n) is 3.16. The molecule has 0 bridgehead atoms. The van der Waals surface area contributed by atoms with E-state index in [0.29, 0.717) is 5.41 Å². The van der Waals surface area contributed by atoms with E-state index in [4.69, 9.17) is 0 Å². The number of halogens is 1. The zero-order valence-electron chi connectivity index (χ0n) is 9.83. The maximum atomic E-state index is 2.36. The lowest BCUT2D eigenvalue weighted by atomic mass is 9.81. The minimum absolute atomic E-state index is 0. The quantitative estimate of drug-likeness (QED) is 0.518. The predicted octanol–water partition coefficient (Wildman–Crippen LogP) is -0.323. The van der Waals surface area contributed by atoms with Crippen LogP contribution in [0.3, 0.4) is 0 Å². The maximum Gasteiger partial charge on any atom is 0.104 e. The number of hydrogen-bond donors (Lipinski definition) is 0. The van der Waals surface area contributed by atoms with Crippen LogP contribution in [0.15, 0.2) is 30.3 Å². The van der Waals surface area contributed by atoms with E-state index in [1.54, 1.807) is 0 Å². The van der Waals surface area contributed by atoms with Gasteiger partial charge in [0.25, 0.3) is 0 Å². The molecule has 0 unspecified atom stereocenters. The Morgan fingerprint density at radius 3 is 2.13 bits per heavy atom. The van der Waals surface area contributed by atoms with Gasteiger partial charge in [-0.25, -0.2) is 0 Å². The number of quaternary nitrogens is 1. The zero-order chi connectivity index (χ0) is 10.2. The summed E-state index contributed by atoms with van der Waals surface area (Å²) in [6.45, 7) is 8.52. The average Bonchev–Trinajstić information content (AvgIpc) is 2.01. The van der Waals surface area contributed by atoms with Gasteiger partial charge in [-0.1, -0.05) is 30.3 Å². The number of hydrogen-bond acceptors (Lipinski definition) is 0. The topological polar surface area (TPSA) is 0 Å². The van der Waals surface area contributed by atoms with E-state index in [9.17, 15) is 0 Å². The van der Waals surface area contributed by atoms with Crippen molar-refractivity contribution >= 4 is 0 Å². The monoisotopic (exact) mass is 317 g/mol. The lowest BCUT2D eigenvalue weighted by Gasteiger charge is -2.52. The molecule has 15 heavy (non-hydrogen) atoms. The molecule has 0 radical (unpaired) electrons. The van der Waals surface area contributed by atoms with Crippen LogP contribution in [0.1, 0.15) is 19.4 Å². The molecule has 1 aromatic rings. The molecule has 1 aliphatic rings. The Morgan fingerprint density at radius 2 is 1.67 bits per heavy atom. The van der Waals surface area contributed by atoms with Crippen LogP contribution in [-0.4, -0.2) is 24.6 Å². The van der Waals surface area contributed by atoms with Gasteiger partial charge < -0.3 is 28.5 Å². The van der Waals surface area contributed by atoms with E-state index in [0.717, 1.165) is 0 Å². The number of benzene rings is 1. The molecule has 0 aromatic heterocycles. The van der Waals surface area contributed by atoms with Gasteiger partial charge in [0.2, 0.25) is 0 Å². The summed E-state index contributed by atoms with van der Waals surface area (Å²) in [7, 11) is 2.36. The van der Waals surface area contributed by atoms with E-state index in [-0.39, 0.29) is 24.0 Å². The summed E-state index contributed by atoms with van der Waals surface area (Å²) in [5.74, 6) is 0. The summed E-state index contributed by atoms with van der Waals surface area (Å²) in [6, 6.07) is 10.8. The fourth-order valence-corrected chi connectivity index (χ4v) is 3.16. The van der Waals surface area contributed by atoms with E-state index in [1.165, 1.54) is 29.7 Å². The van der Waals surface area contributed by atoms with Gasteiger partial charge in [0, 0.05) is 5.56 Å². The van der Waals surface area contributed by atoms with Crippen molar-refractivity contribution in [2.45, 2.75) is 20.4 Å². The van der Waals surface area contributed by atoms with Crippen molar-refractivity contribution < 1.29 is 28.5 Å². The van der Waals surface area contributed by atoms with Gasteiger partial charge in [0.05, 0.1) is 25.6 Å². The van der Waals surface area contributed by atoms with E-state index in [1.807, 2.05) is 0 Å². The van der Waals surface area contributed by atoms with Gasteiger partial charge in [0.1, 0.15) is 6.54 Å². The van der Waals surface area contributed by atoms with Crippen molar-refractivity contribution in [1.29, 1.82) is 0 Å². The molecule has 0 saturated carbocycles. The first kappa shape index (κ1) is 13.0. The van der Waals surface area contributed by atoms with Crippen molar-refractivity contribution in [3.8, 4) is 0 Å². The van der Waals surface area contributed by atoms with Gasteiger partial charge in [0.15, 0.2) is 0 Å². The number of likely N-dealkylation sites (tertiary alicyclic amines) is 1. The number of nitrogens with zero attached hydrogens (tertiary/aromatic N) is 1. The van der Waals surface area contributed by atoms with Crippen molar-refractivity contribution in [3.63, 3.8) is 0 Å². The van der Waals surface area contributed by atoms with Crippen molar-refractivity contribution in [2.75, 3.05) is 20.1 Å². The second-order valence-electron chi connectivity index (χ2n) is 5.74. The van der Waals surface area contributed by atoms with Crippen LogP contribution < -0.4 is 24.0 Å². The number of rotatable bonds is 2. The first-order chi connectivity index (χ1) is 6.49. The predicted molar refractivity (Wildman–Crippen MR) is 59.8 cm³/mol. The first-order valence-corrected chi connectivity index (χ1v) is 5.37. The highest BCUT2D eigenvalue weighted by Gasteiger charge is 2.46. The SMILES string of the molecule is CC1(C)C[N+](C)(Cc2ccccc2)C1.[I-]. The summed E-state index contributed by atoms with van der Waals surface area (Å²) < 4.78 is 1.21. The highest BCUT2D eigenvalue weighted by Crippen LogP contribution is 2.36. The molecule has 0 amide bonds. The van der Waals surface area contributed by atoms with Gasteiger partial charge in [-0.3, -0.25) is 0 Å². The van der Waals surface area contributed by atoms with Crippen LogP contribution in [0.25, 0.3) is 0 Å². The fraction of sp³-hybridized carbons (Fsp3) is 0.538. The molecule has 0 atom stereocenters. The highest BCUT2D eigenvalue weighted by atomic mass is 127. The molecule has 0 N–H and O–H groups in total. The molecule has 2 heteroatoms. The third kappa shape index (κ3) is 3.18. The van der Waals surface area contributed by atoms with Gasteiger partial charge in [-0.05, 0) is 13.8 Å². The second-order valence-corrected chi connectivity index (χ2v) is 5.74. The van der Waals surface area contributed by atoms with E-state index < -0.39 is 0 Å². The van der Waals surface area contributed by atoms with Gasteiger partial charge in [-0.15, -0.1) is 0 Å². The van der Waals surface area contributed by atoms with Crippen molar-refractivity contribution in [1.82, 2.24) is 0 Å². The summed E-state index contributed by atoms with van der Waals surface area (Å²) in [5.41, 5.74) is 2.02. The lowest BCUT2D eigenvalue weighted by molar-refractivity contribution is -0.977. The second kappa shape index (κ2) is 4.42. The minimum Gasteiger partial charge on any atom is -1.00 e.